The van der Waals surface area contributed by atoms with Crippen molar-refractivity contribution in [3.8, 4) is 0 Å². The molecule has 2 aliphatic heterocycles. The van der Waals surface area contributed by atoms with Crippen LogP contribution in [-0.4, -0.2) is 18.0 Å². The van der Waals surface area contributed by atoms with Gasteiger partial charge in [-0.1, -0.05) is 18.2 Å². The van der Waals surface area contributed by atoms with Crippen molar-refractivity contribution in [3.63, 3.8) is 0 Å². The average molecular weight is 335 g/mol. The first-order valence-corrected chi connectivity index (χ1v) is 9.22. The number of anilines is 3. The largest absolute Gasteiger partial charge is 0.356 e. The first-order chi connectivity index (χ1) is 12.2. The van der Waals surface area contributed by atoms with Crippen LogP contribution in [0.5, 0.6) is 0 Å². The van der Waals surface area contributed by atoms with Crippen LogP contribution in [0.3, 0.4) is 0 Å². The SMILES string of the molecule is O=C(CC1CC2CCC(C1)N2)Nc1ccc(Nc2ccccc2)cc1. The number of piperidine rings is 1. The molecule has 0 aliphatic carbocycles. The maximum absolute atomic E-state index is 12.3. The quantitative estimate of drug-likeness (QED) is 0.764. The molecule has 25 heavy (non-hydrogen) atoms. The molecule has 2 fully saturated rings. The van der Waals surface area contributed by atoms with Crippen molar-refractivity contribution in [1.29, 1.82) is 0 Å². The highest BCUT2D eigenvalue weighted by molar-refractivity contribution is 5.91. The summed E-state index contributed by atoms with van der Waals surface area (Å²) < 4.78 is 0. The van der Waals surface area contributed by atoms with Gasteiger partial charge < -0.3 is 16.0 Å². The summed E-state index contributed by atoms with van der Waals surface area (Å²) >= 11 is 0. The molecule has 130 valence electrons. The van der Waals surface area contributed by atoms with Gasteiger partial charge in [0, 0.05) is 35.6 Å². The van der Waals surface area contributed by atoms with E-state index in [4.69, 9.17) is 0 Å². The molecule has 4 nitrogen and oxygen atoms in total. The van der Waals surface area contributed by atoms with Crippen molar-refractivity contribution in [3.05, 3.63) is 54.6 Å². The van der Waals surface area contributed by atoms with Crippen molar-refractivity contribution in [2.24, 2.45) is 5.92 Å². The Morgan fingerprint density at radius 2 is 1.48 bits per heavy atom. The van der Waals surface area contributed by atoms with Crippen LogP contribution in [0.25, 0.3) is 0 Å². The van der Waals surface area contributed by atoms with Crippen LogP contribution in [0.1, 0.15) is 32.1 Å². The first kappa shape index (κ1) is 16.2. The smallest absolute Gasteiger partial charge is 0.224 e. The fourth-order valence-electron chi connectivity index (χ4n) is 4.14. The van der Waals surface area contributed by atoms with Crippen LogP contribution in [-0.2, 0) is 4.79 Å². The van der Waals surface area contributed by atoms with Crippen LogP contribution in [0.2, 0.25) is 0 Å². The van der Waals surface area contributed by atoms with Gasteiger partial charge in [0.15, 0.2) is 0 Å². The minimum Gasteiger partial charge on any atom is -0.356 e. The lowest BCUT2D eigenvalue weighted by molar-refractivity contribution is -0.117. The van der Waals surface area contributed by atoms with Gasteiger partial charge in [-0.3, -0.25) is 4.79 Å². The van der Waals surface area contributed by atoms with Crippen LogP contribution < -0.4 is 16.0 Å². The molecule has 2 atom stereocenters. The van der Waals surface area contributed by atoms with Crippen LogP contribution in [0.4, 0.5) is 17.1 Å². The third-order valence-electron chi connectivity index (χ3n) is 5.28. The van der Waals surface area contributed by atoms with E-state index in [0.717, 1.165) is 29.9 Å². The third-order valence-corrected chi connectivity index (χ3v) is 5.28. The van der Waals surface area contributed by atoms with E-state index in [1.54, 1.807) is 0 Å². The fraction of sp³-hybridized carbons (Fsp3) is 0.381. The summed E-state index contributed by atoms with van der Waals surface area (Å²) in [6, 6.07) is 19.2. The Morgan fingerprint density at radius 1 is 0.880 bits per heavy atom. The summed E-state index contributed by atoms with van der Waals surface area (Å²) in [6.45, 7) is 0. The van der Waals surface area contributed by atoms with Crippen LogP contribution >= 0.6 is 0 Å². The maximum Gasteiger partial charge on any atom is 0.224 e. The highest BCUT2D eigenvalue weighted by atomic mass is 16.1. The molecule has 2 aromatic rings. The van der Waals surface area contributed by atoms with E-state index >= 15 is 0 Å². The third kappa shape index (κ3) is 4.20. The number of carbonyl (C=O) groups excluding carboxylic acids is 1. The molecule has 2 unspecified atom stereocenters. The standard InChI is InChI=1S/C21H25N3O/c25-21(14-15-12-19-10-11-20(13-15)23-19)24-18-8-6-17(7-9-18)22-16-4-2-1-3-5-16/h1-9,15,19-20,22-23H,10-14H2,(H,24,25). The number of hydrogen-bond donors (Lipinski definition) is 3. The van der Waals surface area contributed by atoms with Crippen LogP contribution in [0, 0.1) is 5.92 Å². The summed E-state index contributed by atoms with van der Waals surface area (Å²) in [5.41, 5.74) is 2.93. The molecule has 3 N–H and O–H groups in total. The molecule has 2 aromatic carbocycles. The van der Waals surface area contributed by atoms with Gasteiger partial charge >= 0.3 is 0 Å². The number of amides is 1. The molecular weight excluding hydrogens is 310 g/mol. The van der Waals surface area contributed by atoms with Gasteiger partial charge in [-0.05, 0) is 68.0 Å². The molecular formula is C21H25N3O. The second-order valence-corrected chi connectivity index (χ2v) is 7.30. The van der Waals surface area contributed by atoms with Gasteiger partial charge in [0.05, 0.1) is 0 Å². The minimum absolute atomic E-state index is 0.134. The monoisotopic (exact) mass is 335 g/mol. The minimum atomic E-state index is 0.134. The zero-order valence-corrected chi connectivity index (χ0v) is 14.4. The zero-order valence-electron chi connectivity index (χ0n) is 14.4. The molecule has 2 saturated heterocycles. The Bertz CT molecular complexity index is 702. The topological polar surface area (TPSA) is 53.2 Å². The summed E-state index contributed by atoms with van der Waals surface area (Å²) in [7, 11) is 0. The number of para-hydroxylation sites is 1. The maximum atomic E-state index is 12.3. The predicted molar refractivity (Wildman–Crippen MR) is 102 cm³/mol. The van der Waals surface area contributed by atoms with E-state index < -0.39 is 0 Å². The molecule has 2 bridgehead atoms. The Morgan fingerprint density at radius 3 is 2.16 bits per heavy atom. The summed E-state index contributed by atoms with van der Waals surface area (Å²) in [5.74, 6) is 0.660. The average Bonchev–Trinajstić information content (AvgIpc) is 2.96. The first-order valence-electron chi connectivity index (χ1n) is 9.22. The van der Waals surface area contributed by atoms with Crippen molar-refractivity contribution in [2.75, 3.05) is 10.6 Å². The molecule has 0 saturated carbocycles. The van der Waals surface area contributed by atoms with Crippen LogP contribution in [0.15, 0.2) is 54.6 Å². The molecule has 1 amide bonds. The Hall–Kier alpha value is -2.33. The number of rotatable bonds is 5. The normalized spacial score (nSPS) is 24.7. The molecule has 4 rings (SSSR count). The molecule has 2 aliphatic rings. The number of nitrogens with one attached hydrogen (secondary N) is 3. The van der Waals surface area contributed by atoms with Gasteiger partial charge in [-0.15, -0.1) is 0 Å². The Balaban J connectivity index is 1.29. The number of benzene rings is 2. The molecule has 0 spiro atoms. The van der Waals surface area contributed by atoms with Crippen molar-refractivity contribution in [2.45, 2.75) is 44.2 Å². The van der Waals surface area contributed by atoms with Gasteiger partial charge in [0.1, 0.15) is 0 Å². The zero-order chi connectivity index (χ0) is 17.1. The molecule has 0 aromatic heterocycles. The van der Waals surface area contributed by atoms with Gasteiger partial charge in [-0.2, -0.15) is 0 Å². The van der Waals surface area contributed by atoms with Crippen molar-refractivity contribution in [1.82, 2.24) is 5.32 Å². The Labute approximate surface area is 149 Å². The number of carbonyl (C=O) groups is 1. The number of fused-ring (bicyclic) bond motifs is 2. The van der Waals surface area contributed by atoms with Gasteiger partial charge in [0.25, 0.3) is 0 Å². The summed E-state index contributed by atoms with van der Waals surface area (Å²) in [5, 5.41) is 10.0. The Kier molecular flexibility index (Phi) is 4.70. The van der Waals surface area contributed by atoms with E-state index in [2.05, 4.69) is 16.0 Å². The number of hydrogen-bond acceptors (Lipinski definition) is 3. The highest BCUT2D eigenvalue weighted by Crippen LogP contribution is 2.32. The van der Waals surface area contributed by atoms with E-state index in [-0.39, 0.29) is 5.91 Å². The predicted octanol–water partition coefficient (Wildman–Crippen LogP) is 4.29. The lowest BCUT2D eigenvalue weighted by Crippen LogP contribution is -2.39. The lowest BCUT2D eigenvalue weighted by atomic mass is 9.89. The second-order valence-electron chi connectivity index (χ2n) is 7.30. The summed E-state index contributed by atoms with van der Waals surface area (Å²) in [4.78, 5) is 12.3. The van der Waals surface area contributed by atoms with E-state index in [0.29, 0.717) is 24.4 Å². The van der Waals surface area contributed by atoms with Gasteiger partial charge in [0.2, 0.25) is 5.91 Å². The van der Waals surface area contributed by atoms with E-state index in [1.165, 1.54) is 12.8 Å². The van der Waals surface area contributed by atoms with Crippen molar-refractivity contribution < 1.29 is 4.79 Å². The molecule has 4 heteroatoms. The van der Waals surface area contributed by atoms with E-state index in [9.17, 15) is 4.79 Å². The van der Waals surface area contributed by atoms with Crippen molar-refractivity contribution >= 4 is 23.0 Å². The van der Waals surface area contributed by atoms with E-state index in [1.807, 2.05) is 54.6 Å². The lowest BCUT2D eigenvalue weighted by Gasteiger charge is -2.28. The second kappa shape index (κ2) is 7.28. The highest BCUT2D eigenvalue weighted by Gasteiger charge is 2.34. The summed E-state index contributed by atoms with van der Waals surface area (Å²) in [6.07, 6.45) is 5.48. The molecule has 2 heterocycles. The molecule has 0 radical (unpaired) electrons. The van der Waals surface area contributed by atoms with Gasteiger partial charge in [-0.25, -0.2) is 0 Å². The fourth-order valence-corrected chi connectivity index (χ4v) is 4.14.